The minimum atomic E-state index is -0.736. The molecule has 2 aliphatic heterocycles. The van der Waals surface area contributed by atoms with Crippen LogP contribution >= 0.6 is 0 Å². The van der Waals surface area contributed by atoms with Gasteiger partial charge >= 0.3 is 0 Å². The molecule has 0 aromatic rings. The van der Waals surface area contributed by atoms with Gasteiger partial charge in [0.25, 0.3) is 0 Å². The molecule has 2 unspecified atom stereocenters. The van der Waals surface area contributed by atoms with Crippen LogP contribution in [0.4, 0.5) is 0 Å². The zero-order valence-corrected chi connectivity index (χ0v) is 11.9. The summed E-state index contributed by atoms with van der Waals surface area (Å²) in [5, 5.41) is 2.86. The van der Waals surface area contributed by atoms with Gasteiger partial charge in [-0.2, -0.15) is 0 Å². The summed E-state index contributed by atoms with van der Waals surface area (Å²) in [5.41, 5.74) is -0.736. The Morgan fingerprint density at radius 2 is 2.26 bits per heavy atom. The van der Waals surface area contributed by atoms with Gasteiger partial charge in [-0.1, -0.05) is 6.92 Å². The zero-order valence-electron chi connectivity index (χ0n) is 11.9. The molecule has 108 valence electrons. The maximum absolute atomic E-state index is 12.5. The van der Waals surface area contributed by atoms with Crippen molar-refractivity contribution in [3.05, 3.63) is 0 Å². The molecule has 5 heteroatoms. The summed E-state index contributed by atoms with van der Waals surface area (Å²) in [4.78, 5) is 26.1. The second-order valence-corrected chi connectivity index (χ2v) is 5.79. The highest BCUT2D eigenvalue weighted by atomic mass is 16.5. The second kappa shape index (κ2) is 5.90. The van der Waals surface area contributed by atoms with Crippen molar-refractivity contribution in [3.63, 3.8) is 0 Å². The fourth-order valence-electron chi connectivity index (χ4n) is 2.71. The van der Waals surface area contributed by atoms with Gasteiger partial charge in [-0.25, -0.2) is 0 Å². The Morgan fingerprint density at radius 1 is 1.47 bits per heavy atom. The molecule has 0 bridgehead atoms. The monoisotopic (exact) mass is 268 g/mol. The molecular formula is C14H24N2O3. The van der Waals surface area contributed by atoms with Crippen LogP contribution in [0.3, 0.4) is 0 Å². The molecule has 2 rings (SSSR count). The third kappa shape index (κ3) is 3.26. The van der Waals surface area contributed by atoms with E-state index in [9.17, 15) is 9.59 Å². The van der Waals surface area contributed by atoms with Crippen LogP contribution in [0.25, 0.3) is 0 Å². The van der Waals surface area contributed by atoms with Gasteiger partial charge in [0.2, 0.25) is 11.8 Å². The maximum Gasteiger partial charge on any atom is 0.248 e. The lowest BCUT2D eigenvalue weighted by Gasteiger charge is -2.31. The average molecular weight is 268 g/mol. The van der Waals surface area contributed by atoms with Crippen LogP contribution in [-0.4, -0.2) is 48.6 Å². The molecule has 0 spiro atoms. The summed E-state index contributed by atoms with van der Waals surface area (Å²) in [7, 11) is 0. The fraction of sp³-hybridized carbons (Fsp3) is 0.857. The van der Waals surface area contributed by atoms with Gasteiger partial charge in [-0.15, -0.1) is 0 Å². The summed E-state index contributed by atoms with van der Waals surface area (Å²) in [6.45, 7) is 6.68. The summed E-state index contributed by atoms with van der Waals surface area (Å²) < 4.78 is 5.36. The van der Waals surface area contributed by atoms with E-state index >= 15 is 0 Å². The van der Waals surface area contributed by atoms with E-state index in [1.54, 1.807) is 0 Å². The Hall–Kier alpha value is -1.10. The van der Waals surface area contributed by atoms with Crippen molar-refractivity contribution in [1.82, 2.24) is 10.2 Å². The molecule has 0 aromatic heterocycles. The Balaban J connectivity index is 1.97. The van der Waals surface area contributed by atoms with Crippen molar-refractivity contribution >= 4 is 11.8 Å². The first-order valence-electron chi connectivity index (χ1n) is 7.23. The van der Waals surface area contributed by atoms with E-state index in [4.69, 9.17) is 4.74 Å². The van der Waals surface area contributed by atoms with Crippen molar-refractivity contribution in [2.75, 3.05) is 26.3 Å². The molecule has 5 nitrogen and oxygen atoms in total. The third-order valence-electron chi connectivity index (χ3n) is 4.32. The Kier molecular flexibility index (Phi) is 4.45. The molecule has 0 saturated carbocycles. The topological polar surface area (TPSA) is 58.6 Å². The number of nitrogens with one attached hydrogen (secondary N) is 1. The van der Waals surface area contributed by atoms with Crippen LogP contribution in [0.2, 0.25) is 0 Å². The van der Waals surface area contributed by atoms with E-state index in [2.05, 4.69) is 5.32 Å². The molecular weight excluding hydrogens is 244 g/mol. The van der Waals surface area contributed by atoms with Crippen molar-refractivity contribution in [2.24, 2.45) is 5.92 Å². The third-order valence-corrected chi connectivity index (χ3v) is 4.32. The van der Waals surface area contributed by atoms with Gasteiger partial charge in [0.15, 0.2) is 0 Å². The number of rotatable bonds is 4. The first kappa shape index (κ1) is 14.3. The Labute approximate surface area is 114 Å². The fourth-order valence-corrected chi connectivity index (χ4v) is 2.71. The highest BCUT2D eigenvalue weighted by molar-refractivity contribution is 5.93. The number of carbonyl (C=O) groups excluding carboxylic acids is 2. The van der Waals surface area contributed by atoms with Crippen molar-refractivity contribution < 1.29 is 14.3 Å². The number of hydrogen-bond acceptors (Lipinski definition) is 3. The van der Waals surface area contributed by atoms with E-state index in [1.165, 1.54) is 0 Å². The van der Waals surface area contributed by atoms with Crippen LogP contribution in [0.1, 0.15) is 39.5 Å². The maximum atomic E-state index is 12.5. The first-order chi connectivity index (χ1) is 9.05. The lowest BCUT2D eigenvalue weighted by atomic mass is 9.96. The molecule has 2 saturated heterocycles. The van der Waals surface area contributed by atoms with Crippen LogP contribution in [-0.2, 0) is 14.3 Å². The number of nitrogens with zero attached hydrogens (tertiary/aromatic N) is 1. The first-order valence-corrected chi connectivity index (χ1v) is 7.23. The Bertz CT molecular complexity index is 353. The summed E-state index contributed by atoms with van der Waals surface area (Å²) in [6, 6.07) is 0. The standard InChI is InChI=1S/C14H24N2O3/c1-3-14(2)13(18)16(8-5-12(17)15-14)7-4-11-6-9-19-10-11/h11H,3-10H2,1-2H3,(H,15,17). The summed E-state index contributed by atoms with van der Waals surface area (Å²) in [6.07, 6.45) is 3.09. The van der Waals surface area contributed by atoms with E-state index in [-0.39, 0.29) is 11.8 Å². The molecule has 0 radical (unpaired) electrons. The van der Waals surface area contributed by atoms with Crippen LogP contribution in [0.5, 0.6) is 0 Å². The highest BCUT2D eigenvalue weighted by Gasteiger charge is 2.39. The molecule has 0 aromatic carbocycles. The van der Waals surface area contributed by atoms with Crippen molar-refractivity contribution in [2.45, 2.75) is 45.1 Å². The van der Waals surface area contributed by atoms with Crippen molar-refractivity contribution in [3.8, 4) is 0 Å². The number of carbonyl (C=O) groups is 2. The lowest BCUT2D eigenvalue weighted by molar-refractivity contribution is -0.138. The molecule has 2 fully saturated rings. The van der Waals surface area contributed by atoms with Crippen LogP contribution < -0.4 is 5.32 Å². The van der Waals surface area contributed by atoms with E-state index in [0.717, 1.165) is 32.6 Å². The lowest BCUT2D eigenvalue weighted by Crippen LogP contribution is -2.54. The number of amides is 2. The molecule has 1 N–H and O–H groups in total. The predicted octanol–water partition coefficient (Wildman–Crippen LogP) is 0.930. The SMILES string of the molecule is CCC1(C)NC(=O)CCN(CCC2CCOC2)C1=O. The van der Waals surface area contributed by atoms with Gasteiger partial charge < -0.3 is 15.0 Å². The van der Waals surface area contributed by atoms with Gasteiger partial charge in [0.1, 0.15) is 5.54 Å². The molecule has 0 aliphatic carbocycles. The number of hydrogen-bond donors (Lipinski definition) is 1. The smallest absolute Gasteiger partial charge is 0.248 e. The predicted molar refractivity (Wildman–Crippen MR) is 71.6 cm³/mol. The van der Waals surface area contributed by atoms with E-state index in [0.29, 0.717) is 25.3 Å². The molecule has 2 heterocycles. The minimum Gasteiger partial charge on any atom is -0.381 e. The quantitative estimate of drug-likeness (QED) is 0.825. The summed E-state index contributed by atoms with van der Waals surface area (Å²) in [5.74, 6) is 0.594. The normalized spacial score (nSPS) is 32.3. The molecule has 2 atom stereocenters. The minimum absolute atomic E-state index is 0.0237. The van der Waals surface area contributed by atoms with Gasteiger partial charge in [0.05, 0.1) is 0 Å². The summed E-state index contributed by atoms with van der Waals surface area (Å²) >= 11 is 0. The Morgan fingerprint density at radius 3 is 2.89 bits per heavy atom. The van der Waals surface area contributed by atoms with Crippen molar-refractivity contribution in [1.29, 1.82) is 0 Å². The van der Waals surface area contributed by atoms with Crippen LogP contribution in [0, 0.1) is 5.92 Å². The largest absolute Gasteiger partial charge is 0.381 e. The molecule has 2 amide bonds. The van der Waals surface area contributed by atoms with E-state index in [1.807, 2.05) is 18.7 Å². The highest BCUT2D eigenvalue weighted by Crippen LogP contribution is 2.21. The van der Waals surface area contributed by atoms with E-state index < -0.39 is 5.54 Å². The second-order valence-electron chi connectivity index (χ2n) is 5.79. The average Bonchev–Trinajstić information content (AvgIpc) is 2.87. The van der Waals surface area contributed by atoms with Gasteiger partial charge in [0, 0.05) is 32.7 Å². The molecule has 2 aliphatic rings. The molecule has 19 heavy (non-hydrogen) atoms. The zero-order chi connectivity index (χ0) is 13.9. The number of ether oxygens (including phenoxy) is 1. The van der Waals surface area contributed by atoms with Gasteiger partial charge in [-0.3, -0.25) is 9.59 Å². The van der Waals surface area contributed by atoms with Crippen LogP contribution in [0.15, 0.2) is 0 Å². The van der Waals surface area contributed by atoms with Gasteiger partial charge in [-0.05, 0) is 32.1 Å².